The summed E-state index contributed by atoms with van der Waals surface area (Å²) >= 11 is 0. The Balaban J connectivity index is 0. The van der Waals surface area contributed by atoms with Gasteiger partial charge in [0.2, 0.25) is 0 Å². The third kappa shape index (κ3) is 11.5. The van der Waals surface area contributed by atoms with Crippen molar-refractivity contribution in [3.8, 4) is 0 Å². The average Bonchev–Trinajstić information content (AvgIpc) is 1.66. The molecule has 0 aliphatic heterocycles. The summed E-state index contributed by atoms with van der Waals surface area (Å²) in [6.07, 6.45) is 4.54. The smallest absolute Gasteiger partial charge is 0.0520 e. The van der Waals surface area contributed by atoms with E-state index in [9.17, 15) is 0 Å². The SMILES string of the molecule is CCCCCC(N)N.[C]. The lowest BCUT2D eigenvalue weighted by Gasteiger charge is -2.01. The normalized spacial score (nSPS) is 9.33. The molecule has 54 valence electrons. The fraction of sp³-hybridized carbons (Fsp3) is 0.857. The summed E-state index contributed by atoms with van der Waals surface area (Å²) in [6, 6.07) is 0. The highest BCUT2D eigenvalue weighted by Gasteiger charge is 1.90. The molecule has 0 heterocycles. The molecule has 0 fully saturated rings. The predicted octanol–water partition coefficient (Wildman–Crippen LogP) is 0.891. The van der Waals surface area contributed by atoms with Crippen molar-refractivity contribution in [2.24, 2.45) is 11.5 Å². The van der Waals surface area contributed by atoms with E-state index in [-0.39, 0.29) is 13.6 Å². The maximum absolute atomic E-state index is 5.31. The van der Waals surface area contributed by atoms with Gasteiger partial charge in [0.05, 0.1) is 6.17 Å². The summed E-state index contributed by atoms with van der Waals surface area (Å²) in [6.45, 7) is 2.17. The summed E-state index contributed by atoms with van der Waals surface area (Å²) in [5, 5.41) is 0. The van der Waals surface area contributed by atoms with E-state index in [1.807, 2.05) is 0 Å². The van der Waals surface area contributed by atoms with Gasteiger partial charge < -0.3 is 11.5 Å². The van der Waals surface area contributed by atoms with Gasteiger partial charge in [0, 0.05) is 7.43 Å². The van der Waals surface area contributed by atoms with Gasteiger partial charge in [-0.05, 0) is 6.42 Å². The number of nitrogens with two attached hydrogens (primary N) is 2. The van der Waals surface area contributed by atoms with E-state index < -0.39 is 0 Å². The van der Waals surface area contributed by atoms with Gasteiger partial charge in [-0.1, -0.05) is 26.2 Å². The minimum atomic E-state index is -0.0958. The van der Waals surface area contributed by atoms with Gasteiger partial charge >= 0.3 is 0 Å². The largest absolute Gasteiger partial charge is 0.316 e. The lowest BCUT2D eigenvalue weighted by molar-refractivity contribution is 0.575. The molecule has 0 saturated heterocycles. The summed E-state index contributed by atoms with van der Waals surface area (Å²) in [4.78, 5) is 0. The Morgan fingerprint density at radius 3 is 2.11 bits per heavy atom. The van der Waals surface area contributed by atoms with E-state index >= 15 is 0 Å². The van der Waals surface area contributed by atoms with Gasteiger partial charge in [0.25, 0.3) is 0 Å². The highest BCUT2D eigenvalue weighted by molar-refractivity contribution is 4.49. The zero-order valence-electron chi connectivity index (χ0n) is 6.06. The van der Waals surface area contributed by atoms with Gasteiger partial charge in [-0.25, -0.2) is 0 Å². The Kier molecular flexibility index (Phi) is 10.3. The first-order valence-electron chi connectivity index (χ1n) is 3.28. The van der Waals surface area contributed by atoms with Crippen LogP contribution in [0.15, 0.2) is 0 Å². The van der Waals surface area contributed by atoms with Gasteiger partial charge in [-0.15, -0.1) is 0 Å². The Labute approximate surface area is 58.6 Å². The predicted molar refractivity (Wildman–Crippen MR) is 39.5 cm³/mol. The van der Waals surface area contributed by atoms with Crippen LogP contribution in [0.25, 0.3) is 0 Å². The molecular formula is C7H16N2. The van der Waals surface area contributed by atoms with Crippen LogP contribution in [-0.2, 0) is 0 Å². The highest BCUT2D eigenvalue weighted by atomic mass is 14.8. The van der Waals surface area contributed by atoms with Crippen LogP contribution < -0.4 is 11.5 Å². The summed E-state index contributed by atoms with van der Waals surface area (Å²) in [7, 11) is 0. The fourth-order valence-electron chi connectivity index (χ4n) is 0.630. The fourth-order valence-corrected chi connectivity index (χ4v) is 0.630. The zero-order chi connectivity index (χ0) is 6.41. The lowest BCUT2D eigenvalue weighted by Crippen LogP contribution is -2.29. The van der Waals surface area contributed by atoms with E-state index in [2.05, 4.69) is 6.92 Å². The van der Waals surface area contributed by atoms with Crippen LogP contribution in [0.5, 0.6) is 0 Å². The van der Waals surface area contributed by atoms with Crippen LogP contribution in [0.1, 0.15) is 32.6 Å². The molecule has 0 rings (SSSR count). The Bertz CT molecular complexity index is 44.2. The van der Waals surface area contributed by atoms with Crippen molar-refractivity contribution in [1.29, 1.82) is 0 Å². The molecule has 0 aromatic heterocycles. The van der Waals surface area contributed by atoms with E-state index in [0.29, 0.717) is 0 Å². The maximum Gasteiger partial charge on any atom is 0.0520 e. The second-order valence-electron chi connectivity index (χ2n) is 2.16. The monoisotopic (exact) mass is 128 g/mol. The molecule has 0 bridgehead atoms. The summed E-state index contributed by atoms with van der Waals surface area (Å²) in [5.41, 5.74) is 10.6. The van der Waals surface area contributed by atoms with Crippen LogP contribution in [0.4, 0.5) is 0 Å². The van der Waals surface area contributed by atoms with Crippen molar-refractivity contribution in [2.75, 3.05) is 0 Å². The van der Waals surface area contributed by atoms with Crippen LogP contribution in [0, 0.1) is 7.43 Å². The van der Waals surface area contributed by atoms with E-state index in [1.54, 1.807) is 0 Å². The van der Waals surface area contributed by atoms with E-state index in [0.717, 1.165) is 6.42 Å². The van der Waals surface area contributed by atoms with Gasteiger partial charge in [0.1, 0.15) is 0 Å². The highest BCUT2D eigenvalue weighted by Crippen LogP contribution is 1.97. The minimum Gasteiger partial charge on any atom is -0.316 e. The van der Waals surface area contributed by atoms with Crippen molar-refractivity contribution in [3.05, 3.63) is 7.43 Å². The number of hydrogen-bond acceptors (Lipinski definition) is 2. The Morgan fingerprint density at radius 2 is 1.78 bits per heavy atom. The third-order valence-corrected chi connectivity index (χ3v) is 1.14. The molecule has 0 saturated carbocycles. The van der Waals surface area contributed by atoms with E-state index in [1.165, 1.54) is 19.3 Å². The van der Waals surface area contributed by atoms with E-state index in [4.69, 9.17) is 11.5 Å². The number of unbranched alkanes of at least 4 members (excludes halogenated alkanes) is 2. The summed E-state index contributed by atoms with van der Waals surface area (Å²) < 4.78 is 0. The topological polar surface area (TPSA) is 52.0 Å². The first kappa shape index (κ1) is 11.7. The molecule has 2 nitrogen and oxygen atoms in total. The Morgan fingerprint density at radius 1 is 1.22 bits per heavy atom. The first-order chi connectivity index (χ1) is 3.77. The first-order valence-corrected chi connectivity index (χ1v) is 3.28. The molecule has 0 amide bonds. The quantitative estimate of drug-likeness (QED) is 0.436. The molecule has 4 radical (unpaired) electrons. The van der Waals surface area contributed by atoms with Crippen LogP contribution >= 0.6 is 0 Å². The van der Waals surface area contributed by atoms with Gasteiger partial charge in [0.15, 0.2) is 0 Å². The summed E-state index contributed by atoms with van der Waals surface area (Å²) in [5.74, 6) is 0. The molecule has 0 atom stereocenters. The number of rotatable bonds is 4. The lowest BCUT2D eigenvalue weighted by atomic mass is 10.2. The van der Waals surface area contributed by atoms with Crippen LogP contribution in [-0.4, -0.2) is 6.17 Å². The van der Waals surface area contributed by atoms with Crippen molar-refractivity contribution < 1.29 is 0 Å². The molecule has 0 spiro atoms. The third-order valence-electron chi connectivity index (χ3n) is 1.14. The van der Waals surface area contributed by atoms with Gasteiger partial charge in [-0.2, -0.15) is 0 Å². The molecule has 0 aliphatic rings. The average molecular weight is 128 g/mol. The molecule has 4 N–H and O–H groups in total. The Hall–Kier alpha value is -0.0800. The second-order valence-corrected chi connectivity index (χ2v) is 2.16. The van der Waals surface area contributed by atoms with Crippen molar-refractivity contribution in [2.45, 2.75) is 38.8 Å². The van der Waals surface area contributed by atoms with Crippen molar-refractivity contribution in [1.82, 2.24) is 0 Å². The molecule has 0 aromatic rings. The van der Waals surface area contributed by atoms with Crippen LogP contribution in [0.3, 0.4) is 0 Å². The van der Waals surface area contributed by atoms with Crippen molar-refractivity contribution >= 4 is 0 Å². The molecule has 9 heavy (non-hydrogen) atoms. The molecule has 2 heteroatoms. The second kappa shape index (κ2) is 7.92. The van der Waals surface area contributed by atoms with Crippen molar-refractivity contribution in [3.63, 3.8) is 0 Å². The molecule has 0 aliphatic carbocycles. The minimum absolute atomic E-state index is 0. The molecule has 0 unspecified atom stereocenters. The number of hydrogen-bond donors (Lipinski definition) is 2. The maximum atomic E-state index is 5.31. The molecule has 0 aromatic carbocycles. The van der Waals surface area contributed by atoms with Crippen LogP contribution in [0.2, 0.25) is 0 Å². The standard InChI is InChI=1S/C6H16N2.C/c1-2-3-4-5-6(7)8;/h6H,2-5,7-8H2,1H3;. The zero-order valence-corrected chi connectivity index (χ0v) is 6.06. The van der Waals surface area contributed by atoms with Gasteiger partial charge in [-0.3, -0.25) is 0 Å². The molecular weight excluding hydrogens is 112 g/mol.